The number of carbonyl (C=O) groups is 1. The Hall–Kier alpha value is -2.17. The number of nitrogens with two attached hydrogens (primary N) is 1. The number of fused-ring (bicyclic) bond motifs is 3. The number of aromatic nitrogens is 1. The van der Waals surface area contributed by atoms with Crippen molar-refractivity contribution in [3.05, 3.63) is 47.1 Å². The molecule has 1 aliphatic heterocycles. The van der Waals surface area contributed by atoms with Gasteiger partial charge in [-0.05, 0) is 18.6 Å². The maximum Gasteiger partial charge on any atom is 0.343 e. The van der Waals surface area contributed by atoms with E-state index in [0.29, 0.717) is 23.6 Å². The topological polar surface area (TPSA) is 66.5 Å². The Morgan fingerprint density at radius 2 is 2.44 bits per heavy atom. The van der Waals surface area contributed by atoms with Crippen molar-refractivity contribution < 1.29 is 14.3 Å². The van der Waals surface area contributed by atoms with Crippen molar-refractivity contribution in [1.82, 2.24) is 4.57 Å². The van der Waals surface area contributed by atoms with Gasteiger partial charge in [-0.2, -0.15) is 0 Å². The lowest BCUT2D eigenvalue weighted by molar-refractivity contribution is -0.136. The molecule has 5 nitrogen and oxygen atoms in total. The van der Waals surface area contributed by atoms with E-state index in [4.69, 9.17) is 15.2 Å². The number of allylic oxidation sites excluding steroid dienone is 2. The Morgan fingerprint density at radius 3 is 3.22 bits per heavy atom. The number of ether oxygens (including phenoxy) is 2. The van der Waals surface area contributed by atoms with Gasteiger partial charge >= 0.3 is 5.97 Å². The molecule has 18 heavy (non-hydrogen) atoms. The van der Waals surface area contributed by atoms with Crippen LogP contribution in [0.15, 0.2) is 41.4 Å². The van der Waals surface area contributed by atoms with Crippen LogP contribution in [-0.2, 0) is 20.9 Å². The van der Waals surface area contributed by atoms with Crippen LogP contribution in [0.4, 0.5) is 0 Å². The molecule has 0 fully saturated rings. The van der Waals surface area contributed by atoms with Crippen molar-refractivity contribution in [3.8, 4) is 0 Å². The van der Waals surface area contributed by atoms with Crippen LogP contribution in [0.25, 0.3) is 0 Å². The van der Waals surface area contributed by atoms with Gasteiger partial charge in [0.05, 0.1) is 18.8 Å². The molecule has 1 aromatic rings. The highest BCUT2D eigenvalue weighted by molar-refractivity contribution is 5.94. The number of esters is 1. The van der Waals surface area contributed by atoms with Crippen molar-refractivity contribution in [1.29, 1.82) is 0 Å². The van der Waals surface area contributed by atoms with Crippen molar-refractivity contribution in [2.24, 2.45) is 5.73 Å². The summed E-state index contributed by atoms with van der Waals surface area (Å²) < 4.78 is 12.6. The Kier molecular flexibility index (Phi) is 2.40. The van der Waals surface area contributed by atoms with Crippen LogP contribution in [0.5, 0.6) is 0 Å². The number of hydrogen-bond acceptors (Lipinski definition) is 4. The molecule has 94 valence electrons. The average molecular weight is 246 g/mol. The minimum absolute atomic E-state index is 0.00477. The Balaban J connectivity index is 2.11. The third kappa shape index (κ3) is 1.44. The second kappa shape index (κ2) is 3.94. The van der Waals surface area contributed by atoms with Crippen molar-refractivity contribution in [2.45, 2.75) is 19.1 Å². The average Bonchev–Trinajstić information content (AvgIpc) is 2.86. The van der Waals surface area contributed by atoms with Gasteiger partial charge in [-0.15, -0.1) is 0 Å². The molecular formula is C13H14N2O3. The van der Waals surface area contributed by atoms with Crippen LogP contribution in [0.3, 0.4) is 0 Å². The summed E-state index contributed by atoms with van der Waals surface area (Å²) in [6.07, 6.45) is 4.56. The summed E-state index contributed by atoms with van der Waals surface area (Å²) in [6, 6.07) is 3.99. The van der Waals surface area contributed by atoms with Gasteiger partial charge in [0.15, 0.2) is 0 Å². The highest BCUT2D eigenvalue weighted by Crippen LogP contribution is 2.37. The van der Waals surface area contributed by atoms with Crippen molar-refractivity contribution in [3.63, 3.8) is 0 Å². The fraction of sp³-hybridized carbons (Fsp3) is 0.308. The van der Waals surface area contributed by atoms with E-state index in [2.05, 4.69) is 4.57 Å². The van der Waals surface area contributed by atoms with E-state index in [0.717, 1.165) is 12.1 Å². The Labute approximate surface area is 104 Å². The summed E-state index contributed by atoms with van der Waals surface area (Å²) in [5.74, 6) is 0.171. The smallest absolute Gasteiger partial charge is 0.343 e. The minimum atomic E-state index is -0.445. The second-order valence-corrected chi connectivity index (χ2v) is 4.34. The zero-order chi connectivity index (χ0) is 12.7. The van der Waals surface area contributed by atoms with E-state index in [1.807, 2.05) is 24.4 Å². The molecule has 5 heteroatoms. The quantitative estimate of drug-likeness (QED) is 0.757. The van der Waals surface area contributed by atoms with Crippen molar-refractivity contribution >= 4 is 5.97 Å². The van der Waals surface area contributed by atoms with Gasteiger partial charge in [-0.3, -0.25) is 0 Å². The zero-order valence-electron chi connectivity index (χ0n) is 10.1. The van der Waals surface area contributed by atoms with Crippen LogP contribution < -0.4 is 5.73 Å². The van der Waals surface area contributed by atoms with Gasteiger partial charge in [0, 0.05) is 11.9 Å². The van der Waals surface area contributed by atoms with Crippen LogP contribution in [0, 0.1) is 0 Å². The molecule has 2 heterocycles. The molecule has 0 amide bonds. The standard InChI is InChI=1S/C13H14N2O3/c1-17-13(16)11-9(14)4-5-10-12(11)18-7-8-3-2-6-15(8)10/h2-4,6,10H,5,7,14H2,1H3. The highest BCUT2D eigenvalue weighted by Gasteiger charge is 2.34. The molecule has 0 radical (unpaired) electrons. The third-order valence-corrected chi connectivity index (χ3v) is 3.37. The first-order valence-electron chi connectivity index (χ1n) is 5.79. The first kappa shape index (κ1) is 11.0. The summed E-state index contributed by atoms with van der Waals surface area (Å²) in [4.78, 5) is 11.8. The van der Waals surface area contributed by atoms with E-state index in [-0.39, 0.29) is 6.04 Å². The number of carbonyl (C=O) groups excluding carboxylic acids is 1. The molecule has 0 aromatic carbocycles. The lowest BCUT2D eigenvalue weighted by Gasteiger charge is -2.32. The van der Waals surface area contributed by atoms with E-state index >= 15 is 0 Å². The number of rotatable bonds is 1. The predicted molar refractivity (Wildman–Crippen MR) is 64.2 cm³/mol. The van der Waals surface area contributed by atoms with E-state index in [1.165, 1.54) is 7.11 Å². The number of hydrogen-bond donors (Lipinski definition) is 1. The van der Waals surface area contributed by atoms with Gasteiger partial charge < -0.3 is 19.8 Å². The molecule has 3 rings (SSSR count). The van der Waals surface area contributed by atoms with Gasteiger partial charge in [-0.25, -0.2) is 4.79 Å². The monoisotopic (exact) mass is 246 g/mol. The van der Waals surface area contributed by atoms with Crippen LogP contribution >= 0.6 is 0 Å². The Morgan fingerprint density at radius 1 is 1.61 bits per heavy atom. The lowest BCUT2D eigenvalue weighted by atomic mass is 9.96. The molecular weight excluding hydrogens is 232 g/mol. The molecule has 1 aromatic heterocycles. The predicted octanol–water partition coefficient (Wildman–Crippen LogP) is 1.23. The first-order chi connectivity index (χ1) is 8.72. The van der Waals surface area contributed by atoms with Crippen molar-refractivity contribution in [2.75, 3.05) is 7.11 Å². The van der Waals surface area contributed by atoms with Gasteiger partial charge in [0.1, 0.15) is 17.9 Å². The number of nitrogens with zero attached hydrogens (tertiary/aromatic N) is 1. The normalized spacial score (nSPS) is 21.6. The molecule has 1 atom stereocenters. The molecule has 0 saturated heterocycles. The zero-order valence-corrected chi connectivity index (χ0v) is 10.1. The van der Waals surface area contributed by atoms with Gasteiger partial charge in [-0.1, -0.05) is 6.08 Å². The van der Waals surface area contributed by atoms with Crippen LogP contribution in [0.1, 0.15) is 18.2 Å². The molecule has 0 saturated carbocycles. The molecule has 2 aliphatic rings. The fourth-order valence-corrected chi connectivity index (χ4v) is 2.49. The maximum absolute atomic E-state index is 11.8. The summed E-state index contributed by atoms with van der Waals surface area (Å²) in [5, 5.41) is 0. The van der Waals surface area contributed by atoms with E-state index in [1.54, 1.807) is 0 Å². The third-order valence-electron chi connectivity index (χ3n) is 3.37. The molecule has 2 N–H and O–H groups in total. The maximum atomic E-state index is 11.8. The molecule has 0 spiro atoms. The van der Waals surface area contributed by atoms with E-state index < -0.39 is 5.97 Å². The second-order valence-electron chi connectivity index (χ2n) is 4.34. The van der Waals surface area contributed by atoms with Crippen LogP contribution in [-0.4, -0.2) is 17.6 Å². The van der Waals surface area contributed by atoms with Crippen LogP contribution in [0.2, 0.25) is 0 Å². The summed E-state index contributed by atoms with van der Waals surface area (Å²) in [6.45, 7) is 0.451. The molecule has 1 unspecified atom stereocenters. The van der Waals surface area contributed by atoms with Gasteiger partial charge in [0.2, 0.25) is 0 Å². The highest BCUT2D eigenvalue weighted by atomic mass is 16.5. The molecule has 0 bridgehead atoms. The summed E-state index contributed by atoms with van der Waals surface area (Å²) in [7, 11) is 1.34. The first-order valence-corrected chi connectivity index (χ1v) is 5.79. The van der Waals surface area contributed by atoms with Gasteiger partial charge in [0.25, 0.3) is 0 Å². The Bertz CT molecular complexity index is 569. The van der Waals surface area contributed by atoms with E-state index in [9.17, 15) is 4.79 Å². The summed E-state index contributed by atoms with van der Waals surface area (Å²) in [5.41, 5.74) is 7.76. The summed E-state index contributed by atoms with van der Waals surface area (Å²) >= 11 is 0. The fourth-order valence-electron chi connectivity index (χ4n) is 2.49. The SMILES string of the molecule is COC(=O)C1=C2OCc3cccn3C2CC=C1N. The largest absolute Gasteiger partial charge is 0.489 e. The minimum Gasteiger partial charge on any atom is -0.489 e. The number of methoxy groups -OCH3 is 1. The molecule has 1 aliphatic carbocycles. The lowest BCUT2D eigenvalue weighted by Crippen LogP contribution is -2.29.